The van der Waals surface area contributed by atoms with E-state index in [9.17, 15) is 9.90 Å². The normalized spacial score (nSPS) is 26.3. The molecule has 3 atom stereocenters. The summed E-state index contributed by atoms with van der Waals surface area (Å²) in [5, 5.41) is 11.5. The van der Waals surface area contributed by atoms with Gasteiger partial charge in [0, 0.05) is 42.7 Å². The van der Waals surface area contributed by atoms with Crippen LogP contribution in [-0.2, 0) is 9.47 Å². The van der Waals surface area contributed by atoms with E-state index in [1.807, 2.05) is 24.3 Å². The second-order valence-electron chi connectivity index (χ2n) is 8.29. The van der Waals surface area contributed by atoms with Gasteiger partial charge in [0.25, 0.3) is 0 Å². The first-order chi connectivity index (χ1) is 14.3. The molecular formula is C23H27NO6. The van der Waals surface area contributed by atoms with E-state index in [0.717, 1.165) is 16.9 Å². The van der Waals surface area contributed by atoms with Crippen molar-refractivity contribution in [2.24, 2.45) is 5.73 Å². The number of ether oxygens (including phenoxy) is 4. The molecule has 0 bridgehead atoms. The maximum Gasteiger partial charge on any atom is 0.248 e. The molecule has 0 aromatic heterocycles. The van der Waals surface area contributed by atoms with Crippen molar-refractivity contribution in [2.45, 2.75) is 30.0 Å². The standard InChI is InChI=1S/C23H27NO6/c1-22(26)11-29-17-7-5-4-6-15(17)19(22)20-16-10-14(21(24)25)8-9-18(16)30-23(20,12-27-2)13-28-3/h4-10,19-20,26H,11-13H2,1-3H3,(H2,24,25)/t19-,20?,22+/m0/s1. The van der Waals surface area contributed by atoms with Crippen molar-refractivity contribution in [1.82, 2.24) is 0 Å². The lowest BCUT2D eigenvalue weighted by atomic mass is 9.65. The Balaban J connectivity index is 1.96. The summed E-state index contributed by atoms with van der Waals surface area (Å²) >= 11 is 0. The number of carbonyl (C=O) groups is 1. The fourth-order valence-electron chi connectivity index (χ4n) is 4.91. The number of para-hydroxylation sites is 1. The van der Waals surface area contributed by atoms with Gasteiger partial charge in [-0.05, 0) is 31.2 Å². The predicted octanol–water partition coefficient (Wildman–Crippen LogP) is 2.22. The molecule has 0 saturated carbocycles. The zero-order chi connectivity index (χ0) is 21.5. The number of nitrogens with two attached hydrogens (primary N) is 1. The van der Waals surface area contributed by atoms with Gasteiger partial charge in [0.2, 0.25) is 5.91 Å². The largest absolute Gasteiger partial charge is 0.490 e. The summed E-state index contributed by atoms with van der Waals surface area (Å²) in [4.78, 5) is 11.9. The molecule has 2 aromatic rings. The third kappa shape index (κ3) is 3.23. The molecule has 0 fully saturated rings. The molecule has 2 heterocycles. The Hall–Kier alpha value is -2.61. The van der Waals surface area contributed by atoms with Crippen molar-refractivity contribution in [3.05, 3.63) is 59.2 Å². The highest BCUT2D eigenvalue weighted by Gasteiger charge is 2.58. The summed E-state index contributed by atoms with van der Waals surface area (Å²) in [5.74, 6) is 0.0617. The minimum absolute atomic E-state index is 0.131. The predicted molar refractivity (Wildman–Crippen MR) is 110 cm³/mol. The fraction of sp³-hybridized carbons (Fsp3) is 0.435. The Labute approximate surface area is 175 Å². The summed E-state index contributed by atoms with van der Waals surface area (Å²) in [7, 11) is 3.21. The molecule has 30 heavy (non-hydrogen) atoms. The van der Waals surface area contributed by atoms with Crippen LogP contribution in [-0.4, -0.2) is 56.3 Å². The number of rotatable bonds is 6. The lowest BCUT2D eigenvalue weighted by molar-refractivity contribution is -0.0969. The van der Waals surface area contributed by atoms with Gasteiger partial charge >= 0.3 is 0 Å². The summed E-state index contributed by atoms with van der Waals surface area (Å²) in [6.07, 6.45) is 0. The molecule has 1 unspecified atom stereocenters. The van der Waals surface area contributed by atoms with Crippen molar-refractivity contribution in [3.8, 4) is 11.5 Å². The monoisotopic (exact) mass is 413 g/mol. The van der Waals surface area contributed by atoms with Crippen LogP contribution in [0.15, 0.2) is 42.5 Å². The molecule has 160 valence electrons. The van der Waals surface area contributed by atoms with E-state index < -0.39 is 23.0 Å². The zero-order valence-corrected chi connectivity index (χ0v) is 17.4. The van der Waals surface area contributed by atoms with Crippen LogP contribution < -0.4 is 15.2 Å². The van der Waals surface area contributed by atoms with Crippen molar-refractivity contribution in [1.29, 1.82) is 0 Å². The Morgan fingerprint density at radius 3 is 2.47 bits per heavy atom. The minimum atomic E-state index is -1.19. The van der Waals surface area contributed by atoms with E-state index in [4.69, 9.17) is 24.7 Å². The van der Waals surface area contributed by atoms with Gasteiger partial charge in [0.15, 0.2) is 5.60 Å². The van der Waals surface area contributed by atoms with Crippen molar-refractivity contribution in [3.63, 3.8) is 0 Å². The van der Waals surface area contributed by atoms with Gasteiger partial charge in [0.05, 0.1) is 13.2 Å². The Kier molecular flexibility index (Phi) is 5.22. The van der Waals surface area contributed by atoms with Crippen LogP contribution in [0.4, 0.5) is 0 Å². The number of fused-ring (bicyclic) bond motifs is 2. The Morgan fingerprint density at radius 1 is 1.10 bits per heavy atom. The lowest BCUT2D eigenvalue weighted by Gasteiger charge is -2.46. The summed E-state index contributed by atoms with van der Waals surface area (Å²) in [6, 6.07) is 12.8. The first-order valence-corrected chi connectivity index (χ1v) is 9.88. The average Bonchev–Trinajstić information content (AvgIpc) is 3.00. The van der Waals surface area contributed by atoms with E-state index in [1.54, 1.807) is 39.3 Å². The van der Waals surface area contributed by atoms with Gasteiger partial charge in [-0.25, -0.2) is 0 Å². The number of amides is 1. The Bertz CT molecular complexity index is 950. The van der Waals surface area contributed by atoms with Gasteiger partial charge in [0.1, 0.15) is 23.7 Å². The third-order valence-corrected chi connectivity index (χ3v) is 6.06. The second-order valence-corrected chi connectivity index (χ2v) is 8.29. The quantitative estimate of drug-likeness (QED) is 0.753. The SMILES string of the molecule is COCC1(COC)Oc2ccc(C(N)=O)cc2C1[C@@H]1c2ccccc2OC[C@@]1(C)O. The number of aliphatic hydroxyl groups is 1. The van der Waals surface area contributed by atoms with Gasteiger partial charge in [-0.3, -0.25) is 4.79 Å². The van der Waals surface area contributed by atoms with E-state index in [2.05, 4.69) is 0 Å². The Morgan fingerprint density at radius 2 is 1.80 bits per heavy atom. The molecular weight excluding hydrogens is 386 g/mol. The lowest BCUT2D eigenvalue weighted by Crippen LogP contribution is -2.54. The van der Waals surface area contributed by atoms with E-state index in [-0.39, 0.29) is 25.7 Å². The van der Waals surface area contributed by atoms with Crippen LogP contribution in [0.25, 0.3) is 0 Å². The van der Waals surface area contributed by atoms with Crippen LogP contribution in [0.5, 0.6) is 11.5 Å². The van der Waals surface area contributed by atoms with Gasteiger partial charge < -0.3 is 29.8 Å². The number of primary amides is 1. The summed E-state index contributed by atoms with van der Waals surface area (Å²) in [5.41, 5.74) is 5.50. The zero-order valence-electron chi connectivity index (χ0n) is 17.4. The molecule has 0 saturated heterocycles. The molecule has 0 aliphatic carbocycles. The molecule has 7 heteroatoms. The number of methoxy groups -OCH3 is 2. The van der Waals surface area contributed by atoms with E-state index >= 15 is 0 Å². The number of hydrogen-bond acceptors (Lipinski definition) is 6. The third-order valence-electron chi connectivity index (χ3n) is 6.06. The van der Waals surface area contributed by atoms with Crippen LogP contribution in [0.3, 0.4) is 0 Å². The van der Waals surface area contributed by atoms with Crippen molar-refractivity contribution in [2.75, 3.05) is 34.0 Å². The highest BCUT2D eigenvalue weighted by Crippen LogP contribution is 2.57. The first kappa shape index (κ1) is 20.7. The molecule has 2 aliphatic heterocycles. The summed E-state index contributed by atoms with van der Waals surface area (Å²) in [6.45, 7) is 2.36. The van der Waals surface area contributed by atoms with Gasteiger partial charge in [-0.1, -0.05) is 18.2 Å². The maximum atomic E-state index is 11.9. The molecule has 2 aliphatic rings. The van der Waals surface area contributed by atoms with Crippen molar-refractivity contribution >= 4 is 5.91 Å². The molecule has 0 spiro atoms. The first-order valence-electron chi connectivity index (χ1n) is 9.88. The minimum Gasteiger partial charge on any atom is -0.490 e. The molecule has 1 amide bonds. The van der Waals surface area contributed by atoms with E-state index in [0.29, 0.717) is 11.3 Å². The van der Waals surface area contributed by atoms with E-state index in [1.165, 1.54) is 0 Å². The van der Waals surface area contributed by atoms with Crippen molar-refractivity contribution < 1.29 is 28.8 Å². The number of benzene rings is 2. The number of carbonyl (C=O) groups excluding carboxylic acids is 1. The van der Waals surface area contributed by atoms with Crippen LogP contribution in [0, 0.1) is 0 Å². The fourth-order valence-corrected chi connectivity index (χ4v) is 4.91. The highest BCUT2D eigenvalue weighted by molar-refractivity contribution is 5.93. The maximum absolute atomic E-state index is 11.9. The van der Waals surface area contributed by atoms with Gasteiger partial charge in [-0.2, -0.15) is 0 Å². The number of hydrogen-bond donors (Lipinski definition) is 2. The smallest absolute Gasteiger partial charge is 0.248 e. The molecule has 7 nitrogen and oxygen atoms in total. The second kappa shape index (κ2) is 7.58. The highest BCUT2D eigenvalue weighted by atomic mass is 16.6. The molecule has 3 N–H and O–H groups in total. The van der Waals surface area contributed by atoms with Crippen LogP contribution in [0.2, 0.25) is 0 Å². The summed E-state index contributed by atoms with van der Waals surface area (Å²) < 4.78 is 23.4. The topological polar surface area (TPSA) is 100 Å². The van der Waals surface area contributed by atoms with Crippen LogP contribution >= 0.6 is 0 Å². The molecule has 2 aromatic carbocycles. The molecule has 4 rings (SSSR count). The van der Waals surface area contributed by atoms with Crippen LogP contribution in [0.1, 0.15) is 40.2 Å². The molecule has 0 radical (unpaired) electrons. The average molecular weight is 413 g/mol. The van der Waals surface area contributed by atoms with Gasteiger partial charge in [-0.15, -0.1) is 0 Å².